The average Bonchev–Trinajstić information content (AvgIpc) is 2.13. The Morgan fingerprint density at radius 2 is 1.78 bits per heavy atom. The van der Waals surface area contributed by atoms with Crippen LogP contribution in [0.4, 0.5) is 0 Å². The number of carboxylic acids is 1. The Hall–Kier alpha value is -1.09. The summed E-state index contributed by atoms with van der Waals surface area (Å²) in [6, 6.07) is 0. The van der Waals surface area contributed by atoms with Crippen LogP contribution in [0, 0.1) is 16.7 Å². The van der Waals surface area contributed by atoms with Crippen molar-refractivity contribution in [3.63, 3.8) is 0 Å². The van der Waals surface area contributed by atoms with Crippen LogP contribution in [0.15, 0.2) is 23.8 Å². The molecule has 0 aliphatic heterocycles. The quantitative estimate of drug-likeness (QED) is 0.753. The molecule has 1 rings (SSSR count). The Bertz CT molecular complexity index is 407. The molecule has 1 aliphatic rings. The molecule has 0 saturated carbocycles. The van der Waals surface area contributed by atoms with Gasteiger partial charge in [-0.05, 0) is 16.4 Å². The molecule has 0 spiro atoms. The van der Waals surface area contributed by atoms with Crippen molar-refractivity contribution < 1.29 is 9.90 Å². The van der Waals surface area contributed by atoms with Gasteiger partial charge in [-0.1, -0.05) is 59.8 Å². The zero-order chi connectivity index (χ0) is 14.4. The van der Waals surface area contributed by atoms with E-state index in [1.807, 2.05) is 32.9 Å². The predicted octanol–water partition coefficient (Wildman–Crippen LogP) is 2.97. The van der Waals surface area contributed by atoms with Crippen LogP contribution in [0.1, 0.15) is 41.5 Å². The summed E-state index contributed by atoms with van der Waals surface area (Å²) in [5.41, 5.74) is 6.34. The number of carbonyl (C=O) groups is 1. The molecule has 1 aliphatic carbocycles. The lowest BCUT2D eigenvalue weighted by Crippen LogP contribution is -2.58. The van der Waals surface area contributed by atoms with Crippen LogP contribution in [-0.4, -0.2) is 16.6 Å². The van der Waals surface area contributed by atoms with Gasteiger partial charge in [0.2, 0.25) is 0 Å². The number of carboxylic acid groups (broad SMARTS) is 1. The maximum Gasteiger partial charge on any atom is 0.312 e. The minimum atomic E-state index is -0.868. The Labute approximate surface area is 110 Å². The van der Waals surface area contributed by atoms with Crippen LogP contribution in [0.25, 0.3) is 0 Å². The van der Waals surface area contributed by atoms with Gasteiger partial charge >= 0.3 is 5.97 Å². The summed E-state index contributed by atoms with van der Waals surface area (Å²) in [6.45, 7) is 12.3. The second kappa shape index (κ2) is 4.23. The molecule has 2 unspecified atom stereocenters. The second-order valence-corrected chi connectivity index (χ2v) is 7.21. The van der Waals surface area contributed by atoms with Gasteiger partial charge in [0.25, 0.3) is 0 Å². The highest BCUT2D eigenvalue weighted by molar-refractivity contribution is 5.76. The fourth-order valence-corrected chi connectivity index (χ4v) is 2.19. The van der Waals surface area contributed by atoms with Crippen molar-refractivity contribution in [3.8, 4) is 0 Å². The number of nitrogens with two attached hydrogens (primary N) is 1. The molecular formula is C15H25NO2. The zero-order valence-corrected chi connectivity index (χ0v) is 12.2. The molecule has 0 heterocycles. The van der Waals surface area contributed by atoms with E-state index in [2.05, 4.69) is 20.8 Å². The first-order valence-electron chi connectivity index (χ1n) is 6.33. The van der Waals surface area contributed by atoms with Crippen LogP contribution < -0.4 is 5.73 Å². The largest absolute Gasteiger partial charge is 0.481 e. The summed E-state index contributed by atoms with van der Waals surface area (Å²) in [7, 11) is 0. The van der Waals surface area contributed by atoms with E-state index in [0.717, 1.165) is 5.57 Å². The molecule has 0 aromatic rings. The standard InChI is InChI=1S/C15H25NO2/c1-13(2,3)10-7-8-11(12(17)18)15(16,9-10)14(4,5)6/h7-9,11H,16H2,1-6H3,(H,17,18). The minimum Gasteiger partial charge on any atom is -0.481 e. The van der Waals surface area contributed by atoms with Gasteiger partial charge in [-0.3, -0.25) is 4.79 Å². The van der Waals surface area contributed by atoms with Crippen molar-refractivity contribution in [1.29, 1.82) is 0 Å². The Morgan fingerprint density at radius 3 is 2.11 bits per heavy atom. The fraction of sp³-hybridized carbons (Fsp3) is 0.667. The first kappa shape index (κ1) is 15.0. The molecule has 2 atom stereocenters. The van der Waals surface area contributed by atoms with Crippen molar-refractivity contribution in [2.45, 2.75) is 47.1 Å². The molecule has 3 nitrogen and oxygen atoms in total. The van der Waals surface area contributed by atoms with Crippen LogP contribution >= 0.6 is 0 Å². The van der Waals surface area contributed by atoms with Crippen LogP contribution in [0.3, 0.4) is 0 Å². The van der Waals surface area contributed by atoms with Gasteiger partial charge in [0.05, 0.1) is 11.5 Å². The highest BCUT2D eigenvalue weighted by atomic mass is 16.4. The van der Waals surface area contributed by atoms with Crippen molar-refractivity contribution >= 4 is 5.97 Å². The summed E-state index contributed by atoms with van der Waals surface area (Å²) in [5, 5.41) is 9.37. The third kappa shape index (κ3) is 2.51. The molecule has 0 fully saturated rings. The van der Waals surface area contributed by atoms with E-state index in [9.17, 15) is 9.90 Å². The van der Waals surface area contributed by atoms with Gasteiger partial charge in [0, 0.05) is 0 Å². The molecule has 0 bridgehead atoms. The maximum atomic E-state index is 11.4. The highest BCUT2D eigenvalue weighted by Crippen LogP contribution is 2.43. The average molecular weight is 251 g/mol. The van der Waals surface area contributed by atoms with Crippen molar-refractivity contribution in [2.24, 2.45) is 22.5 Å². The van der Waals surface area contributed by atoms with Crippen LogP contribution in [0.5, 0.6) is 0 Å². The molecule has 3 N–H and O–H groups in total. The van der Waals surface area contributed by atoms with E-state index in [-0.39, 0.29) is 10.8 Å². The first-order chi connectivity index (χ1) is 7.89. The van der Waals surface area contributed by atoms with Gasteiger partial charge in [0.1, 0.15) is 0 Å². The van der Waals surface area contributed by atoms with Crippen LogP contribution in [-0.2, 0) is 4.79 Å². The number of hydrogen-bond donors (Lipinski definition) is 2. The summed E-state index contributed by atoms with van der Waals surface area (Å²) in [6.07, 6.45) is 5.58. The van der Waals surface area contributed by atoms with Gasteiger partial charge in [-0.2, -0.15) is 0 Å². The Morgan fingerprint density at radius 1 is 1.28 bits per heavy atom. The molecule has 3 heteroatoms. The molecular weight excluding hydrogens is 226 g/mol. The van der Waals surface area contributed by atoms with Crippen molar-refractivity contribution in [2.75, 3.05) is 0 Å². The second-order valence-electron chi connectivity index (χ2n) is 7.21. The Balaban J connectivity index is 3.35. The van der Waals surface area contributed by atoms with Gasteiger partial charge in [0.15, 0.2) is 0 Å². The minimum absolute atomic E-state index is 0.0319. The third-order valence-electron chi connectivity index (χ3n) is 3.81. The number of rotatable bonds is 1. The molecule has 0 aromatic heterocycles. The number of aliphatic carboxylic acids is 1. The SMILES string of the molecule is CC(C)(C)C1=CC(N)(C(C)(C)C)C(C(=O)O)C=C1. The molecule has 18 heavy (non-hydrogen) atoms. The lowest BCUT2D eigenvalue weighted by molar-refractivity contribution is -0.143. The Kier molecular flexibility index (Phi) is 3.52. The topological polar surface area (TPSA) is 63.3 Å². The van der Waals surface area contributed by atoms with E-state index >= 15 is 0 Å². The van der Waals surface area contributed by atoms with E-state index < -0.39 is 17.4 Å². The molecule has 102 valence electrons. The summed E-state index contributed by atoms with van der Waals surface area (Å²) in [5.74, 6) is -1.54. The van der Waals surface area contributed by atoms with Crippen molar-refractivity contribution in [1.82, 2.24) is 0 Å². The predicted molar refractivity (Wildman–Crippen MR) is 74.2 cm³/mol. The summed E-state index contributed by atoms with van der Waals surface area (Å²) >= 11 is 0. The normalized spacial score (nSPS) is 29.1. The maximum absolute atomic E-state index is 11.4. The van der Waals surface area contributed by atoms with Crippen molar-refractivity contribution in [3.05, 3.63) is 23.8 Å². The zero-order valence-electron chi connectivity index (χ0n) is 12.2. The van der Waals surface area contributed by atoms with E-state index in [1.54, 1.807) is 6.08 Å². The highest BCUT2D eigenvalue weighted by Gasteiger charge is 2.47. The fourth-order valence-electron chi connectivity index (χ4n) is 2.19. The lowest BCUT2D eigenvalue weighted by atomic mass is 9.62. The van der Waals surface area contributed by atoms with E-state index in [4.69, 9.17) is 5.73 Å². The molecule has 0 saturated heterocycles. The lowest BCUT2D eigenvalue weighted by Gasteiger charge is -2.45. The van der Waals surface area contributed by atoms with Gasteiger partial charge in [-0.25, -0.2) is 0 Å². The molecule has 0 radical (unpaired) electrons. The monoisotopic (exact) mass is 251 g/mol. The number of hydrogen-bond acceptors (Lipinski definition) is 2. The summed E-state index contributed by atoms with van der Waals surface area (Å²) in [4.78, 5) is 11.4. The molecule has 0 amide bonds. The molecule has 0 aromatic carbocycles. The van der Waals surface area contributed by atoms with E-state index in [1.165, 1.54) is 0 Å². The van der Waals surface area contributed by atoms with E-state index in [0.29, 0.717) is 0 Å². The third-order valence-corrected chi connectivity index (χ3v) is 3.81. The van der Waals surface area contributed by atoms with Crippen LogP contribution in [0.2, 0.25) is 0 Å². The number of allylic oxidation sites excluding steroid dienone is 2. The van der Waals surface area contributed by atoms with Gasteiger partial charge in [-0.15, -0.1) is 0 Å². The van der Waals surface area contributed by atoms with Gasteiger partial charge < -0.3 is 10.8 Å². The summed E-state index contributed by atoms with van der Waals surface area (Å²) < 4.78 is 0. The smallest absolute Gasteiger partial charge is 0.312 e. The first-order valence-corrected chi connectivity index (χ1v) is 6.33.